The van der Waals surface area contributed by atoms with E-state index in [9.17, 15) is 0 Å². The largest absolute Gasteiger partial charge is 0.496 e. The Balaban J connectivity index is 2.11. The van der Waals surface area contributed by atoms with Crippen molar-refractivity contribution in [2.24, 2.45) is 0 Å². The Hall–Kier alpha value is -1.76. The van der Waals surface area contributed by atoms with Crippen LogP contribution in [0.1, 0.15) is 22.0 Å². The zero-order valence-electron chi connectivity index (χ0n) is 15.3. The summed E-state index contributed by atoms with van der Waals surface area (Å²) in [5.74, 6) is 2.24. The standard InChI is InChI=1S/C19H26N2O3S/c1-13-9-18(25-12-13)19(21-7-5-20-6-8-21)14-10-16(23-3)17(24-4)11-15(14)22-2/h9-12,19-20H,5-8H2,1-4H3. The highest BCUT2D eigenvalue weighted by Crippen LogP contribution is 2.43. The molecule has 1 aromatic heterocycles. The van der Waals surface area contributed by atoms with Crippen LogP contribution in [-0.2, 0) is 0 Å². The number of nitrogens with one attached hydrogen (secondary N) is 1. The molecule has 2 heterocycles. The van der Waals surface area contributed by atoms with Gasteiger partial charge in [-0.15, -0.1) is 11.3 Å². The van der Waals surface area contributed by atoms with Gasteiger partial charge in [-0.05, 0) is 30.0 Å². The molecule has 1 aliphatic heterocycles. The van der Waals surface area contributed by atoms with E-state index in [0.29, 0.717) is 5.75 Å². The lowest BCUT2D eigenvalue weighted by molar-refractivity contribution is 0.197. The van der Waals surface area contributed by atoms with Gasteiger partial charge in [-0.25, -0.2) is 0 Å². The van der Waals surface area contributed by atoms with Gasteiger partial charge in [-0.1, -0.05) is 0 Å². The number of hydrogen-bond acceptors (Lipinski definition) is 6. The van der Waals surface area contributed by atoms with Gasteiger partial charge < -0.3 is 19.5 Å². The maximum atomic E-state index is 5.71. The van der Waals surface area contributed by atoms with E-state index in [-0.39, 0.29) is 6.04 Å². The molecule has 3 rings (SSSR count). The number of piperazine rings is 1. The third-order valence-electron chi connectivity index (χ3n) is 4.57. The molecule has 1 unspecified atom stereocenters. The van der Waals surface area contributed by atoms with Crippen molar-refractivity contribution in [1.29, 1.82) is 0 Å². The summed E-state index contributed by atoms with van der Waals surface area (Å²) < 4.78 is 16.7. The van der Waals surface area contributed by atoms with Gasteiger partial charge in [-0.2, -0.15) is 0 Å². The molecular weight excluding hydrogens is 336 g/mol. The van der Waals surface area contributed by atoms with Crippen LogP contribution in [0.4, 0.5) is 0 Å². The van der Waals surface area contributed by atoms with Gasteiger partial charge in [0.05, 0.1) is 27.4 Å². The van der Waals surface area contributed by atoms with Crippen LogP contribution in [0.3, 0.4) is 0 Å². The summed E-state index contributed by atoms with van der Waals surface area (Å²) in [4.78, 5) is 3.83. The summed E-state index contributed by atoms with van der Waals surface area (Å²) in [5, 5.41) is 5.64. The van der Waals surface area contributed by atoms with Gasteiger partial charge in [0.25, 0.3) is 0 Å². The molecular formula is C19H26N2O3S. The lowest BCUT2D eigenvalue weighted by Gasteiger charge is -2.35. The van der Waals surface area contributed by atoms with Crippen LogP contribution < -0.4 is 19.5 Å². The zero-order chi connectivity index (χ0) is 17.8. The Kier molecular flexibility index (Phi) is 5.83. The fourth-order valence-electron chi connectivity index (χ4n) is 3.33. The minimum atomic E-state index is 0.149. The average molecular weight is 362 g/mol. The van der Waals surface area contributed by atoms with E-state index in [2.05, 4.69) is 34.7 Å². The maximum absolute atomic E-state index is 5.71. The second-order valence-corrected chi connectivity index (χ2v) is 7.11. The predicted molar refractivity (Wildman–Crippen MR) is 101 cm³/mol. The fourth-order valence-corrected chi connectivity index (χ4v) is 4.38. The van der Waals surface area contributed by atoms with E-state index in [0.717, 1.165) is 43.2 Å². The molecule has 0 spiro atoms. The summed E-state index contributed by atoms with van der Waals surface area (Å²) >= 11 is 1.80. The number of methoxy groups -OCH3 is 3. The molecule has 136 valence electrons. The number of aryl methyl sites for hydroxylation is 1. The van der Waals surface area contributed by atoms with Crippen molar-refractivity contribution >= 4 is 11.3 Å². The maximum Gasteiger partial charge on any atom is 0.164 e. The van der Waals surface area contributed by atoms with Crippen LogP contribution in [0.5, 0.6) is 17.2 Å². The zero-order valence-corrected chi connectivity index (χ0v) is 16.1. The third kappa shape index (κ3) is 3.76. The quantitative estimate of drug-likeness (QED) is 0.855. The Bertz CT molecular complexity index is 711. The van der Waals surface area contributed by atoms with E-state index in [1.807, 2.05) is 6.07 Å². The summed E-state index contributed by atoms with van der Waals surface area (Å²) in [7, 11) is 5.02. The van der Waals surface area contributed by atoms with Gasteiger partial charge in [-0.3, -0.25) is 4.90 Å². The summed E-state index contributed by atoms with van der Waals surface area (Å²) in [6, 6.07) is 6.40. The highest BCUT2D eigenvalue weighted by molar-refractivity contribution is 7.10. The second kappa shape index (κ2) is 8.08. The van der Waals surface area contributed by atoms with Crippen molar-refractivity contribution in [3.05, 3.63) is 39.6 Å². The Morgan fingerprint density at radius 3 is 2.16 bits per heavy atom. The van der Waals surface area contributed by atoms with Crippen molar-refractivity contribution in [3.8, 4) is 17.2 Å². The van der Waals surface area contributed by atoms with Gasteiger partial charge in [0.15, 0.2) is 11.5 Å². The minimum absolute atomic E-state index is 0.149. The number of hydrogen-bond donors (Lipinski definition) is 1. The van der Waals surface area contributed by atoms with Crippen LogP contribution in [0, 0.1) is 6.92 Å². The van der Waals surface area contributed by atoms with Crippen molar-refractivity contribution in [1.82, 2.24) is 10.2 Å². The van der Waals surface area contributed by atoms with Crippen molar-refractivity contribution in [2.45, 2.75) is 13.0 Å². The van der Waals surface area contributed by atoms with Crippen molar-refractivity contribution in [3.63, 3.8) is 0 Å². The highest BCUT2D eigenvalue weighted by atomic mass is 32.1. The molecule has 2 aromatic rings. The molecule has 1 aromatic carbocycles. The van der Waals surface area contributed by atoms with Crippen molar-refractivity contribution in [2.75, 3.05) is 47.5 Å². The van der Waals surface area contributed by atoms with Gasteiger partial charge >= 0.3 is 0 Å². The molecule has 0 radical (unpaired) electrons. The van der Waals surface area contributed by atoms with E-state index in [1.165, 1.54) is 10.4 Å². The van der Waals surface area contributed by atoms with Crippen LogP contribution >= 0.6 is 11.3 Å². The normalized spacial score (nSPS) is 16.5. The molecule has 0 bridgehead atoms. The van der Waals surface area contributed by atoms with Crippen LogP contribution in [0.15, 0.2) is 23.6 Å². The van der Waals surface area contributed by atoms with E-state index in [4.69, 9.17) is 14.2 Å². The predicted octanol–water partition coefficient (Wildman–Crippen LogP) is 3.08. The molecule has 6 heteroatoms. The van der Waals surface area contributed by atoms with E-state index < -0.39 is 0 Å². The molecule has 1 fully saturated rings. The number of ether oxygens (including phenoxy) is 3. The van der Waals surface area contributed by atoms with Crippen LogP contribution in [0.25, 0.3) is 0 Å². The molecule has 1 atom stereocenters. The molecule has 1 saturated heterocycles. The Labute approximate surface area is 153 Å². The molecule has 0 amide bonds. The number of benzene rings is 1. The summed E-state index contributed by atoms with van der Waals surface area (Å²) in [6.45, 7) is 6.13. The third-order valence-corrected chi connectivity index (χ3v) is 5.67. The summed E-state index contributed by atoms with van der Waals surface area (Å²) in [6.07, 6.45) is 0. The number of nitrogens with zero attached hydrogens (tertiary/aromatic N) is 1. The molecule has 0 saturated carbocycles. The molecule has 5 nitrogen and oxygen atoms in total. The first-order valence-electron chi connectivity index (χ1n) is 8.47. The van der Waals surface area contributed by atoms with Crippen LogP contribution in [0.2, 0.25) is 0 Å². The van der Waals surface area contributed by atoms with Crippen molar-refractivity contribution < 1.29 is 14.2 Å². The average Bonchev–Trinajstić information content (AvgIpc) is 3.08. The first kappa shape index (κ1) is 18.0. The number of rotatable bonds is 6. The SMILES string of the molecule is COc1cc(OC)c(C(c2cc(C)cs2)N2CCNCC2)cc1OC. The first-order chi connectivity index (χ1) is 12.2. The molecule has 0 aliphatic carbocycles. The monoisotopic (exact) mass is 362 g/mol. The lowest BCUT2D eigenvalue weighted by Crippen LogP contribution is -2.45. The van der Waals surface area contributed by atoms with Gasteiger partial charge in [0.2, 0.25) is 0 Å². The number of thiophene rings is 1. The minimum Gasteiger partial charge on any atom is -0.496 e. The van der Waals surface area contributed by atoms with Gasteiger partial charge in [0, 0.05) is 42.7 Å². The molecule has 1 aliphatic rings. The smallest absolute Gasteiger partial charge is 0.164 e. The summed E-state index contributed by atoms with van der Waals surface area (Å²) in [5.41, 5.74) is 2.41. The lowest BCUT2D eigenvalue weighted by atomic mass is 10.00. The molecule has 25 heavy (non-hydrogen) atoms. The second-order valence-electron chi connectivity index (χ2n) is 6.16. The highest BCUT2D eigenvalue weighted by Gasteiger charge is 2.29. The topological polar surface area (TPSA) is 43.0 Å². The molecule has 1 N–H and O–H groups in total. The first-order valence-corrected chi connectivity index (χ1v) is 9.35. The Morgan fingerprint density at radius 2 is 1.60 bits per heavy atom. The van der Waals surface area contributed by atoms with Crippen LogP contribution in [-0.4, -0.2) is 52.4 Å². The van der Waals surface area contributed by atoms with E-state index in [1.54, 1.807) is 32.7 Å². The van der Waals surface area contributed by atoms with E-state index >= 15 is 0 Å². The fraction of sp³-hybridized carbons (Fsp3) is 0.474. The Morgan fingerprint density at radius 1 is 0.960 bits per heavy atom. The van der Waals surface area contributed by atoms with Gasteiger partial charge in [0.1, 0.15) is 5.75 Å².